The Hall–Kier alpha value is -1.43. The second-order valence-corrected chi connectivity index (χ2v) is 7.34. The van der Waals surface area contributed by atoms with Crippen molar-refractivity contribution < 1.29 is 36.1 Å². The fraction of sp³-hybridized carbons (Fsp3) is 0.714. The molecule has 9 nitrogen and oxygen atoms in total. The zero-order valence-corrected chi connectivity index (χ0v) is 14.8. The van der Waals surface area contributed by atoms with Crippen molar-refractivity contribution >= 4 is 29.5 Å². The normalized spacial score (nSPS) is 23.0. The minimum Gasteiger partial charge on any atom is -0.496 e. The van der Waals surface area contributed by atoms with E-state index >= 15 is 0 Å². The van der Waals surface area contributed by atoms with Crippen LogP contribution in [0.1, 0.15) is 32.1 Å². The average Bonchev–Trinajstić information content (AvgIpc) is 2.49. The highest BCUT2D eigenvalue weighted by atomic mass is 32.3. The standard InChI is InChI=1S/C14H22BNO8S/c1-16-9-13(17)22-15(23-14(18)10-16)12(24-25(19,20)21)8-7-11-5-3-2-4-6-11/h7-8,11-12H,2-6,9-10H2,1H3,(H,19,20,21)/b8-7+. The van der Waals surface area contributed by atoms with Gasteiger partial charge >= 0.3 is 29.5 Å². The quantitative estimate of drug-likeness (QED) is 0.413. The molecule has 0 bridgehead atoms. The topological polar surface area (TPSA) is 119 Å². The lowest BCUT2D eigenvalue weighted by Crippen LogP contribution is -2.48. The summed E-state index contributed by atoms with van der Waals surface area (Å²) in [5, 5.41) is 0. The summed E-state index contributed by atoms with van der Waals surface area (Å²) in [6.45, 7) is -0.312. The molecule has 1 aliphatic carbocycles. The van der Waals surface area contributed by atoms with Gasteiger partial charge in [0.05, 0.1) is 13.1 Å². The number of allylic oxidation sites excluding steroid dienone is 1. The summed E-state index contributed by atoms with van der Waals surface area (Å²) in [7, 11) is -4.88. The predicted molar refractivity (Wildman–Crippen MR) is 87.6 cm³/mol. The lowest BCUT2D eigenvalue weighted by Gasteiger charge is -2.25. The summed E-state index contributed by atoms with van der Waals surface area (Å²) in [4.78, 5) is 25.0. The van der Waals surface area contributed by atoms with Gasteiger partial charge in [-0.3, -0.25) is 19.0 Å². The van der Waals surface area contributed by atoms with Gasteiger partial charge in [0, 0.05) is 0 Å². The molecule has 0 aromatic rings. The molecular formula is C14H22BNO8S. The van der Waals surface area contributed by atoms with Gasteiger partial charge in [0.15, 0.2) is 6.00 Å². The van der Waals surface area contributed by atoms with Crippen LogP contribution in [0.3, 0.4) is 0 Å². The Bertz CT molecular complexity index is 596. The summed E-state index contributed by atoms with van der Waals surface area (Å²) < 4.78 is 45.8. The first-order valence-electron chi connectivity index (χ1n) is 8.14. The first kappa shape index (κ1) is 19.9. The van der Waals surface area contributed by atoms with Crippen molar-refractivity contribution in [2.45, 2.75) is 38.1 Å². The van der Waals surface area contributed by atoms with Crippen LogP contribution in [0.15, 0.2) is 12.2 Å². The SMILES string of the molecule is CN1CC(=O)OB(C(/C=C/C2CCCCC2)OS(=O)(=O)O)OC(=O)C1. The van der Waals surface area contributed by atoms with Crippen molar-refractivity contribution in [3.05, 3.63) is 12.2 Å². The van der Waals surface area contributed by atoms with Gasteiger partial charge in [-0.25, -0.2) is 4.18 Å². The molecule has 1 saturated carbocycles. The van der Waals surface area contributed by atoms with Gasteiger partial charge < -0.3 is 9.31 Å². The molecule has 0 aromatic carbocycles. The number of carbonyl (C=O) groups is 2. The first-order chi connectivity index (χ1) is 11.7. The molecule has 1 unspecified atom stereocenters. The van der Waals surface area contributed by atoms with Crippen LogP contribution in [-0.4, -0.2) is 63.1 Å². The Labute approximate surface area is 147 Å². The molecule has 0 spiro atoms. The predicted octanol–water partition coefficient (Wildman–Crippen LogP) is 0.370. The van der Waals surface area contributed by atoms with Gasteiger partial charge in [0.1, 0.15) is 0 Å². The van der Waals surface area contributed by atoms with E-state index in [4.69, 9.17) is 13.9 Å². The summed E-state index contributed by atoms with van der Waals surface area (Å²) in [6, 6.07) is -1.45. The van der Waals surface area contributed by atoms with Crippen LogP contribution in [0.4, 0.5) is 0 Å². The Morgan fingerprint density at radius 2 is 1.76 bits per heavy atom. The Kier molecular flexibility index (Phi) is 6.99. The average molecular weight is 375 g/mol. The molecular weight excluding hydrogens is 353 g/mol. The summed E-state index contributed by atoms with van der Waals surface area (Å²) in [6.07, 6.45) is 8.30. The van der Waals surface area contributed by atoms with E-state index in [-0.39, 0.29) is 19.0 Å². The molecule has 1 aliphatic heterocycles. The molecule has 11 heteroatoms. The maximum absolute atomic E-state index is 11.8. The summed E-state index contributed by atoms with van der Waals surface area (Å²) >= 11 is 0. The number of rotatable bonds is 5. The van der Waals surface area contributed by atoms with Crippen molar-refractivity contribution in [3.63, 3.8) is 0 Å². The fourth-order valence-corrected chi connectivity index (χ4v) is 3.33. The lowest BCUT2D eigenvalue weighted by molar-refractivity contribution is -0.146. The van der Waals surface area contributed by atoms with Gasteiger partial charge in [0.25, 0.3) is 0 Å². The second kappa shape index (κ2) is 8.79. The minimum atomic E-state index is -4.84. The van der Waals surface area contributed by atoms with Crippen LogP contribution in [0, 0.1) is 5.92 Å². The molecule has 1 saturated heterocycles. The summed E-state index contributed by atoms with van der Waals surface area (Å²) in [5.74, 6) is -1.17. The van der Waals surface area contributed by atoms with Gasteiger partial charge in [0.2, 0.25) is 0 Å². The molecule has 2 rings (SSSR count). The van der Waals surface area contributed by atoms with E-state index in [1.54, 1.807) is 6.08 Å². The van der Waals surface area contributed by atoms with Crippen LogP contribution in [-0.2, 0) is 33.5 Å². The zero-order valence-electron chi connectivity index (χ0n) is 14.0. The van der Waals surface area contributed by atoms with Crippen LogP contribution in [0.2, 0.25) is 0 Å². The number of likely N-dealkylation sites (N-methyl/N-ethyl adjacent to an activating group) is 1. The molecule has 0 aromatic heterocycles. The maximum atomic E-state index is 11.8. The van der Waals surface area contributed by atoms with E-state index < -0.39 is 35.5 Å². The Morgan fingerprint density at radius 1 is 1.20 bits per heavy atom. The highest BCUT2D eigenvalue weighted by Crippen LogP contribution is 2.25. The van der Waals surface area contributed by atoms with E-state index in [0.717, 1.165) is 32.1 Å². The Morgan fingerprint density at radius 3 is 2.28 bits per heavy atom. The third-order valence-corrected chi connectivity index (χ3v) is 4.48. The van der Waals surface area contributed by atoms with Crippen molar-refractivity contribution in [1.29, 1.82) is 0 Å². The van der Waals surface area contributed by atoms with Crippen molar-refractivity contribution in [3.8, 4) is 0 Å². The Balaban J connectivity index is 2.15. The number of hydrogen-bond acceptors (Lipinski definition) is 8. The molecule has 140 valence electrons. The van der Waals surface area contributed by atoms with E-state index in [1.807, 2.05) is 0 Å². The van der Waals surface area contributed by atoms with Crippen molar-refractivity contribution in [2.75, 3.05) is 20.1 Å². The number of nitrogens with zero attached hydrogens (tertiary/aromatic N) is 1. The molecule has 0 radical (unpaired) electrons. The van der Waals surface area contributed by atoms with Crippen LogP contribution >= 0.6 is 0 Å². The van der Waals surface area contributed by atoms with Gasteiger partial charge in [-0.05, 0) is 25.8 Å². The fourth-order valence-electron chi connectivity index (χ4n) is 2.89. The lowest BCUT2D eigenvalue weighted by atomic mass is 9.79. The minimum absolute atomic E-state index is 0.156. The summed E-state index contributed by atoms with van der Waals surface area (Å²) in [5.41, 5.74) is 0. The van der Waals surface area contributed by atoms with Crippen LogP contribution < -0.4 is 0 Å². The smallest absolute Gasteiger partial charge is 0.496 e. The van der Waals surface area contributed by atoms with Crippen LogP contribution in [0.25, 0.3) is 0 Å². The maximum Gasteiger partial charge on any atom is 0.635 e. The van der Waals surface area contributed by atoms with Gasteiger partial charge in [-0.1, -0.05) is 31.4 Å². The molecule has 25 heavy (non-hydrogen) atoms. The van der Waals surface area contributed by atoms with Gasteiger partial charge in [-0.15, -0.1) is 0 Å². The number of carbonyl (C=O) groups excluding carboxylic acids is 2. The number of hydrogen-bond donors (Lipinski definition) is 1. The molecule has 2 fully saturated rings. The van der Waals surface area contributed by atoms with Crippen molar-refractivity contribution in [2.24, 2.45) is 5.92 Å². The second-order valence-electron chi connectivity index (χ2n) is 6.29. The van der Waals surface area contributed by atoms with Gasteiger partial charge in [-0.2, -0.15) is 8.42 Å². The molecule has 2 aliphatic rings. The molecule has 1 heterocycles. The van der Waals surface area contributed by atoms with E-state index in [9.17, 15) is 18.0 Å². The largest absolute Gasteiger partial charge is 0.635 e. The highest BCUT2D eigenvalue weighted by Gasteiger charge is 2.42. The third kappa shape index (κ3) is 7.14. The molecule has 0 amide bonds. The van der Waals surface area contributed by atoms with E-state index in [0.29, 0.717) is 0 Å². The van der Waals surface area contributed by atoms with Crippen LogP contribution in [0.5, 0.6) is 0 Å². The highest BCUT2D eigenvalue weighted by molar-refractivity contribution is 7.81. The molecule has 1 atom stereocenters. The third-order valence-electron chi connectivity index (χ3n) is 4.02. The van der Waals surface area contributed by atoms with E-state index in [1.165, 1.54) is 18.0 Å². The van der Waals surface area contributed by atoms with E-state index in [2.05, 4.69) is 4.18 Å². The zero-order chi connectivity index (χ0) is 18.4. The molecule has 1 N–H and O–H groups in total. The monoisotopic (exact) mass is 375 g/mol. The first-order valence-corrected chi connectivity index (χ1v) is 9.51. The van der Waals surface area contributed by atoms with Crippen molar-refractivity contribution in [1.82, 2.24) is 4.90 Å².